The molecule has 2 aromatic rings. The second-order valence-electron chi connectivity index (χ2n) is 4.37. The van der Waals surface area contributed by atoms with Gasteiger partial charge in [-0.1, -0.05) is 42.1 Å². The van der Waals surface area contributed by atoms with Crippen molar-refractivity contribution in [2.24, 2.45) is 0 Å². The molecule has 0 bridgehead atoms. The normalized spacial score (nSPS) is 16.7. The maximum atomic E-state index is 10.1. The van der Waals surface area contributed by atoms with Gasteiger partial charge in [-0.3, -0.25) is 0 Å². The zero-order chi connectivity index (χ0) is 12.4. The van der Waals surface area contributed by atoms with Crippen LogP contribution in [-0.2, 0) is 0 Å². The van der Waals surface area contributed by atoms with Crippen molar-refractivity contribution in [1.29, 1.82) is 0 Å². The lowest BCUT2D eigenvalue weighted by Crippen LogP contribution is -2.03. The summed E-state index contributed by atoms with van der Waals surface area (Å²) < 4.78 is 1.86. The van der Waals surface area contributed by atoms with Crippen LogP contribution in [-0.4, -0.2) is 31.1 Å². The molecule has 0 spiro atoms. The molecule has 94 valence electrons. The Balaban J connectivity index is 1.62. The lowest BCUT2D eigenvalue weighted by molar-refractivity contribution is 0.204. The van der Waals surface area contributed by atoms with E-state index in [4.69, 9.17) is 0 Å². The van der Waals surface area contributed by atoms with Gasteiger partial charge in [-0.05, 0) is 28.8 Å². The first-order valence-electron chi connectivity index (χ1n) is 5.98. The highest BCUT2D eigenvalue weighted by Crippen LogP contribution is 2.36. The standard InChI is InChI=1S/C12H14N4OS/c17-11(9-4-2-1-3-5-9)8-18-12-13-14-15-16(12)10-6-7-10/h1-5,10-11,17H,6-8H2/t11-/m1/s1. The Bertz CT molecular complexity index is 512. The Morgan fingerprint density at radius 2 is 2.11 bits per heavy atom. The highest BCUT2D eigenvalue weighted by atomic mass is 32.2. The number of thioether (sulfide) groups is 1. The van der Waals surface area contributed by atoms with Crippen molar-refractivity contribution in [2.45, 2.75) is 30.1 Å². The van der Waals surface area contributed by atoms with E-state index in [0.717, 1.165) is 23.6 Å². The van der Waals surface area contributed by atoms with Crippen molar-refractivity contribution in [3.8, 4) is 0 Å². The smallest absolute Gasteiger partial charge is 0.209 e. The largest absolute Gasteiger partial charge is 0.388 e. The van der Waals surface area contributed by atoms with Crippen molar-refractivity contribution >= 4 is 11.8 Å². The van der Waals surface area contributed by atoms with Crippen molar-refractivity contribution in [3.63, 3.8) is 0 Å². The van der Waals surface area contributed by atoms with E-state index in [1.54, 1.807) is 0 Å². The fraction of sp³-hybridized carbons (Fsp3) is 0.417. The third-order valence-electron chi connectivity index (χ3n) is 2.91. The molecule has 0 amide bonds. The molecule has 3 rings (SSSR count). The van der Waals surface area contributed by atoms with Crippen LogP contribution in [0, 0.1) is 0 Å². The highest BCUT2D eigenvalue weighted by molar-refractivity contribution is 7.99. The van der Waals surface area contributed by atoms with Crippen LogP contribution in [0.3, 0.4) is 0 Å². The second kappa shape index (κ2) is 5.07. The molecule has 0 radical (unpaired) electrons. The number of benzene rings is 1. The molecular formula is C12H14N4OS. The second-order valence-corrected chi connectivity index (χ2v) is 5.36. The van der Waals surface area contributed by atoms with Crippen molar-refractivity contribution in [3.05, 3.63) is 35.9 Å². The van der Waals surface area contributed by atoms with Gasteiger partial charge in [0.25, 0.3) is 0 Å². The summed E-state index contributed by atoms with van der Waals surface area (Å²) in [6.45, 7) is 0. The Labute approximate surface area is 109 Å². The monoisotopic (exact) mass is 262 g/mol. The fourth-order valence-electron chi connectivity index (χ4n) is 1.75. The first-order valence-corrected chi connectivity index (χ1v) is 6.97. The first-order chi connectivity index (χ1) is 8.84. The molecule has 0 aliphatic heterocycles. The minimum atomic E-state index is -0.486. The van der Waals surface area contributed by atoms with E-state index in [1.807, 2.05) is 35.0 Å². The van der Waals surface area contributed by atoms with Gasteiger partial charge in [-0.15, -0.1) is 5.10 Å². The van der Waals surface area contributed by atoms with Gasteiger partial charge >= 0.3 is 0 Å². The maximum Gasteiger partial charge on any atom is 0.209 e. The molecule has 18 heavy (non-hydrogen) atoms. The van der Waals surface area contributed by atoms with E-state index in [9.17, 15) is 5.11 Å². The molecule has 1 aliphatic carbocycles. The number of aliphatic hydroxyl groups is 1. The Morgan fingerprint density at radius 1 is 1.33 bits per heavy atom. The van der Waals surface area contributed by atoms with E-state index < -0.39 is 6.10 Å². The van der Waals surface area contributed by atoms with Gasteiger partial charge in [-0.2, -0.15) is 0 Å². The predicted molar refractivity (Wildman–Crippen MR) is 68.2 cm³/mol. The fourth-order valence-corrected chi connectivity index (χ4v) is 2.67. The molecule has 1 atom stereocenters. The zero-order valence-corrected chi connectivity index (χ0v) is 10.6. The number of hydrogen-bond acceptors (Lipinski definition) is 5. The Hall–Kier alpha value is -1.40. The number of rotatable bonds is 5. The summed E-state index contributed by atoms with van der Waals surface area (Å²) in [5, 5.41) is 22.5. The quantitative estimate of drug-likeness (QED) is 0.833. The zero-order valence-electron chi connectivity index (χ0n) is 9.81. The molecular weight excluding hydrogens is 248 g/mol. The summed E-state index contributed by atoms with van der Waals surface area (Å²) in [6, 6.07) is 10.1. The summed E-state index contributed by atoms with van der Waals surface area (Å²) >= 11 is 1.50. The molecule has 1 N–H and O–H groups in total. The summed E-state index contributed by atoms with van der Waals surface area (Å²) in [6.07, 6.45) is 1.82. The van der Waals surface area contributed by atoms with Crippen LogP contribution < -0.4 is 0 Å². The van der Waals surface area contributed by atoms with Gasteiger partial charge in [0.2, 0.25) is 5.16 Å². The molecule has 1 saturated carbocycles. The number of tetrazole rings is 1. The van der Waals surface area contributed by atoms with Crippen LogP contribution in [0.15, 0.2) is 35.5 Å². The van der Waals surface area contributed by atoms with Crippen molar-refractivity contribution in [1.82, 2.24) is 20.2 Å². The highest BCUT2D eigenvalue weighted by Gasteiger charge is 2.28. The van der Waals surface area contributed by atoms with E-state index in [0.29, 0.717) is 11.8 Å². The van der Waals surface area contributed by atoms with Crippen LogP contribution in [0.25, 0.3) is 0 Å². The van der Waals surface area contributed by atoms with Crippen molar-refractivity contribution in [2.75, 3.05) is 5.75 Å². The van der Waals surface area contributed by atoms with Crippen LogP contribution >= 0.6 is 11.8 Å². The average molecular weight is 262 g/mol. The summed E-state index contributed by atoms with van der Waals surface area (Å²) in [4.78, 5) is 0. The molecule has 1 aromatic carbocycles. The van der Waals surface area contributed by atoms with Gasteiger partial charge in [0.15, 0.2) is 0 Å². The third kappa shape index (κ3) is 2.54. The van der Waals surface area contributed by atoms with Gasteiger partial charge in [0.1, 0.15) is 0 Å². The molecule has 1 fully saturated rings. The molecule has 6 heteroatoms. The number of hydrogen-bond donors (Lipinski definition) is 1. The minimum absolute atomic E-state index is 0.469. The molecule has 5 nitrogen and oxygen atoms in total. The van der Waals surface area contributed by atoms with Crippen LogP contribution in [0.2, 0.25) is 0 Å². The third-order valence-corrected chi connectivity index (χ3v) is 3.92. The van der Waals surface area contributed by atoms with Crippen LogP contribution in [0.4, 0.5) is 0 Å². The maximum absolute atomic E-state index is 10.1. The predicted octanol–water partition coefficient (Wildman–Crippen LogP) is 1.83. The van der Waals surface area contributed by atoms with E-state index >= 15 is 0 Å². The molecule has 0 unspecified atom stereocenters. The van der Waals surface area contributed by atoms with E-state index in [-0.39, 0.29) is 0 Å². The molecule has 0 saturated heterocycles. The van der Waals surface area contributed by atoms with Gasteiger partial charge in [0.05, 0.1) is 12.1 Å². The van der Waals surface area contributed by atoms with Gasteiger partial charge < -0.3 is 5.11 Å². The Morgan fingerprint density at radius 3 is 2.83 bits per heavy atom. The SMILES string of the molecule is O[C@H](CSc1nnnn1C1CC1)c1ccccc1. The molecule has 1 aromatic heterocycles. The van der Waals surface area contributed by atoms with Crippen LogP contribution in [0.1, 0.15) is 30.6 Å². The lowest BCUT2D eigenvalue weighted by atomic mass is 10.1. The summed E-state index contributed by atoms with van der Waals surface area (Å²) in [5.41, 5.74) is 0.926. The van der Waals surface area contributed by atoms with E-state index in [2.05, 4.69) is 15.5 Å². The molecule has 1 heterocycles. The summed E-state index contributed by atoms with van der Waals surface area (Å²) in [5.74, 6) is 0.567. The number of aliphatic hydroxyl groups excluding tert-OH is 1. The van der Waals surface area contributed by atoms with Crippen molar-refractivity contribution < 1.29 is 5.11 Å². The van der Waals surface area contributed by atoms with Crippen LogP contribution in [0.5, 0.6) is 0 Å². The summed E-state index contributed by atoms with van der Waals surface area (Å²) in [7, 11) is 0. The van der Waals surface area contributed by atoms with Gasteiger partial charge in [-0.25, -0.2) is 4.68 Å². The lowest BCUT2D eigenvalue weighted by Gasteiger charge is -2.09. The topological polar surface area (TPSA) is 63.8 Å². The Kier molecular flexibility index (Phi) is 3.29. The number of nitrogens with zero attached hydrogens (tertiary/aromatic N) is 4. The van der Waals surface area contributed by atoms with Gasteiger partial charge in [0, 0.05) is 5.75 Å². The first kappa shape index (κ1) is 11.7. The average Bonchev–Trinajstić information content (AvgIpc) is 3.16. The van der Waals surface area contributed by atoms with E-state index in [1.165, 1.54) is 11.8 Å². The molecule has 1 aliphatic rings. The minimum Gasteiger partial charge on any atom is -0.388 e. The number of aromatic nitrogens is 4.